The van der Waals surface area contributed by atoms with Crippen LogP contribution in [0.25, 0.3) is 0 Å². The van der Waals surface area contributed by atoms with Gasteiger partial charge < -0.3 is 5.73 Å². The monoisotopic (exact) mass is 276 g/mol. The van der Waals surface area contributed by atoms with E-state index in [1.165, 1.54) is 0 Å². The van der Waals surface area contributed by atoms with Gasteiger partial charge in [0.05, 0.1) is 0 Å². The Balaban J connectivity index is 2.25. The Morgan fingerprint density at radius 1 is 1.40 bits per heavy atom. The number of hydrogen-bond acceptors (Lipinski definition) is 2. The van der Waals surface area contributed by atoms with E-state index in [0.29, 0.717) is 4.60 Å². The highest BCUT2D eigenvalue weighted by Crippen LogP contribution is 2.52. The molecule has 1 saturated carbocycles. The van der Waals surface area contributed by atoms with E-state index in [-0.39, 0.29) is 19.4 Å². The van der Waals surface area contributed by atoms with Gasteiger partial charge in [-0.3, -0.25) is 0 Å². The van der Waals surface area contributed by atoms with E-state index in [1.807, 2.05) is 0 Å². The van der Waals surface area contributed by atoms with Crippen LogP contribution in [0.4, 0.5) is 8.78 Å². The first-order valence-corrected chi connectivity index (χ1v) is 5.47. The lowest BCUT2D eigenvalue weighted by atomic mass is 9.62. The highest BCUT2D eigenvalue weighted by atomic mass is 79.9. The van der Waals surface area contributed by atoms with Gasteiger partial charge in [-0.25, -0.2) is 13.8 Å². The molecule has 1 aromatic rings. The zero-order chi connectivity index (χ0) is 11.1. The fraction of sp³-hybridized carbons (Fsp3) is 0.500. The van der Waals surface area contributed by atoms with Crippen LogP contribution in [-0.4, -0.2) is 17.5 Å². The predicted octanol–water partition coefficient (Wildman–Crippen LogP) is 2.47. The molecular weight excluding hydrogens is 266 g/mol. The van der Waals surface area contributed by atoms with Crippen molar-refractivity contribution in [3.8, 4) is 0 Å². The molecule has 0 amide bonds. The average Bonchev–Trinajstić information content (AvgIpc) is 2.14. The minimum absolute atomic E-state index is 0.167. The van der Waals surface area contributed by atoms with Crippen LogP contribution in [0.5, 0.6) is 0 Å². The van der Waals surface area contributed by atoms with Crippen LogP contribution in [0.2, 0.25) is 0 Å². The van der Waals surface area contributed by atoms with Crippen molar-refractivity contribution >= 4 is 15.9 Å². The van der Waals surface area contributed by atoms with Crippen LogP contribution < -0.4 is 5.73 Å². The Hall–Kier alpha value is -0.550. The molecular formula is C10H11BrF2N2. The third kappa shape index (κ3) is 1.90. The summed E-state index contributed by atoms with van der Waals surface area (Å²) in [5.74, 6) is -2.56. The number of aromatic nitrogens is 1. The van der Waals surface area contributed by atoms with Crippen LogP contribution >= 0.6 is 15.9 Å². The van der Waals surface area contributed by atoms with Gasteiger partial charge in [0.15, 0.2) is 0 Å². The summed E-state index contributed by atoms with van der Waals surface area (Å²) in [6.45, 7) is 0.242. The highest BCUT2D eigenvalue weighted by Gasteiger charge is 2.56. The fourth-order valence-corrected chi connectivity index (χ4v) is 2.33. The summed E-state index contributed by atoms with van der Waals surface area (Å²) in [5, 5.41) is 0. The van der Waals surface area contributed by atoms with Gasteiger partial charge in [0.2, 0.25) is 5.92 Å². The zero-order valence-electron chi connectivity index (χ0n) is 8.01. The predicted molar refractivity (Wildman–Crippen MR) is 56.9 cm³/mol. The molecule has 1 aliphatic rings. The highest BCUT2D eigenvalue weighted by molar-refractivity contribution is 9.10. The van der Waals surface area contributed by atoms with Crippen molar-refractivity contribution in [2.45, 2.75) is 24.2 Å². The van der Waals surface area contributed by atoms with Crippen LogP contribution in [0.15, 0.2) is 22.9 Å². The summed E-state index contributed by atoms with van der Waals surface area (Å²) in [6.07, 6.45) is 1.28. The lowest BCUT2D eigenvalue weighted by Gasteiger charge is -2.46. The first-order valence-electron chi connectivity index (χ1n) is 4.67. The molecule has 2 rings (SSSR count). The third-order valence-corrected chi connectivity index (χ3v) is 3.39. The second-order valence-corrected chi connectivity index (χ2v) is 4.88. The van der Waals surface area contributed by atoms with Gasteiger partial charge in [-0.05, 0) is 27.6 Å². The summed E-state index contributed by atoms with van der Waals surface area (Å²) in [4.78, 5) is 4.04. The van der Waals surface area contributed by atoms with Crippen LogP contribution in [0, 0.1) is 0 Å². The van der Waals surface area contributed by atoms with Crippen molar-refractivity contribution < 1.29 is 8.78 Å². The molecule has 0 saturated heterocycles. The van der Waals surface area contributed by atoms with Crippen molar-refractivity contribution in [3.63, 3.8) is 0 Å². The molecule has 1 aliphatic carbocycles. The van der Waals surface area contributed by atoms with E-state index in [1.54, 1.807) is 18.3 Å². The molecule has 0 unspecified atom stereocenters. The zero-order valence-corrected chi connectivity index (χ0v) is 9.60. The summed E-state index contributed by atoms with van der Waals surface area (Å²) < 4.78 is 26.5. The number of halogens is 3. The number of rotatable bonds is 2. The molecule has 1 aromatic heterocycles. The van der Waals surface area contributed by atoms with Crippen molar-refractivity contribution in [1.82, 2.24) is 4.98 Å². The van der Waals surface area contributed by atoms with Crippen molar-refractivity contribution in [3.05, 3.63) is 28.5 Å². The Kier molecular flexibility index (Phi) is 2.55. The molecule has 0 aromatic carbocycles. The van der Waals surface area contributed by atoms with Crippen LogP contribution in [0.3, 0.4) is 0 Å². The fourth-order valence-electron chi connectivity index (χ4n) is 2.09. The average molecular weight is 277 g/mol. The maximum absolute atomic E-state index is 12.9. The smallest absolute Gasteiger partial charge is 0.250 e. The quantitative estimate of drug-likeness (QED) is 0.843. The van der Waals surface area contributed by atoms with E-state index in [2.05, 4.69) is 20.9 Å². The van der Waals surface area contributed by atoms with Gasteiger partial charge in [0.1, 0.15) is 4.60 Å². The standard InChI is InChI=1S/C10H11BrF2N2/c11-8-2-1-7(3-15-8)9(6-14)4-10(12,13)5-9/h1-3H,4-6,14H2. The van der Waals surface area contributed by atoms with E-state index < -0.39 is 11.3 Å². The van der Waals surface area contributed by atoms with Gasteiger partial charge >= 0.3 is 0 Å². The maximum Gasteiger partial charge on any atom is 0.250 e. The number of alkyl halides is 2. The van der Waals surface area contributed by atoms with Crippen molar-refractivity contribution in [1.29, 1.82) is 0 Å². The molecule has 2 nitrogen and oxygen atoms in total. The van der Waals surface area contributed by atoms with Crippen LogP contribution in [0.1, 0.15) is 18.4 Å². The molecule has 0 bridgehead atoms. The number of nitrogens with two attached hydrogens (primary N) is 1. The third-order valence-electron chi connectivity index (χ3n) is 2.92. The minimum Gasteiger partial charge on any atom is -0.330 e. The maximum atomic E-state index is 12.9. The lowest BCUT2D eigenvalue weighted by molar-refractivity contribution is -0.123. The van der Waals surface area contributed by atoms with Crippen LogP contribution in [-0.2, 0) is 5.41 Å². The van der Waals surface area contributed by atoms with E-state index in [9.17, 15) is 8.78 Å². The first kappa shape index (κ1) is 11.0. The molecule has 0 atom stereocenters. The molecule has 5 heteroatoms. The van der Waals surface area contributed by atoms with E-state index >= 15 is 0 Å². The number of pyridine rings is 1. The molecule has 0 aliphatic heterocycles. The van der Waals surface area contributed by atoms with Gasteiger partial charge in [0.25, 0.3) is 0 Å². The topological polar surface area (TPSA) is 38.9 Å². The molecule has 0 radical (unpaired) electrons. The molecule has 15 heavy (non-hydrogen) atoms. The molecule has 1 heterocycles. The summed E-state index contributed by atoms with van der Waals surface area (Å²) >= 11 is 3.21. The number of hydrogen-bond donors (Lipinski definition) is 1. The van der Waals surface area contributed by atoms with E-state index in [0.717, 1.165) is 5.56 Å². The normalized spacial score (nSPS) is 22.1. The Morgan fingerprint density at radius 2 is 2.07 bits per heavy atom. The lowest BCUT2D eigenvalue weighted by Crippen LogP contribution is -2.53. The molecule has 2 N–H and O–H groups in total. The Labute approximate surface area is 95.0 Å². The molecule has 82 valence electrons. The van der Waals surface area contributed by atoms with Gasteiger partial charge in [-0.1, -0.05) is 6.07 Å². The van der Waals surface area contributed by atoms with Crippen molar-refractivity contribution in [2.75, 3.05) is 6.54 Å². The van der Waals surface area contributed by atoms with Gasteiger partial charge in [0, 0.05) is 31.0 Å². The summed E-state index contributed by atoms with van der Waals surface area (Å²) in [7, 11) is 0. The first-order chi connectivity index (χ1) is 6.97. The Bertz CT molecular complexity index is 356. The molecule has 1 fully saturated rings. The SMILES string of the molecule is NCC1(c2ccc(Br)nc2)CC(F)(F)C1. The summed E-state index contributed by atoms with van der Waals surface area (Å²) in [5.41, 5.74) is 5.82. The summed E-state index contributed by atoms with van der Waals surface area (Å²) in [6, 6.07) is 3.56. The minimum atomic E-state index is -2.56. The largest absolute Gasteiger partial charge is 0.330 e. The second kappa shape index (κ2) is 3.49. The molecule has 0 spiro atoms. The number of nitrogens with zero attached hydrogens (tertiary/aromatic N) is 1. The van der Waals surface area contributed by atoms with E-state index in [4.69, 9.17) is 5.73 Å². The second-order valence-electron chi connectivity index (χ2n) is 4.06. The van der Waals surface area contributed by atoms with Gasteiger partial charge in [-0.15, -0.1) is 0 Å². The Morgan fingerprint density at radius 3 is 2.47 bits per heavy atom. The van der Waals surface area contributed by atoms with Gasteiger partial charge in [-0.2, -0.15) is 0 Å². The van der Waals surface area contributed by atoms with Crippen molar-refractivity contribution in [2.24, 2.45) is 5.73 Å².